The summed E-state index contributed by atoms with van der Waals surface area (Å²) in [6.07, 6.45) is 0.105. The van der Waals surface area contributed by atoms with Gasteiger partial charge in [-0.05, 0) is 44.5 Å². The van der Waals surface area contributed by atoms with E-state index in [0.29, 0.717) is 23.0 Å². The van der Waals surface area contributed by atoms with E-state index in [0.717, 1.165) is 22.2 Å². The first-order chi connectivity index (χ1) is 12.0. The molecule has 25 heavy (non-hydrogen) atoms. The van der Waals surface area contributed by atoms with Gasteiger partial charge in [0.1, 0.15) is 0 Å². The fraction of sp³-hybridized carbons (Fsp3) is 0.278. The first-order valence-electron chi connectivity index (χ1n) is 7.98. The topological polar surface area (TPSA) is 84.1 Å². The fourth-order valence-corrected chi connectivity index (χ4v) is 3.28. The maximum absolute atomic E-state index is 12.5. The molecule has 0 saturated carbocycles. The standard InChI is InChI=1S/C18H19N3O3S/c1-4-24-16(22)8-13-9-25-18(20-13)21-17(23)12-5-6-15-14(7-12)10(2)11(3)19-15/h5-7,9,19H,4,8H2,1-3H3,(H,20,21,23). The maximum atomic E-state index is 12.5. The van der Waals surface area contributed by atoms with Crippen molar-refractivity contribution in [2.75, 3.05) is 11.9 Å². The largest absolute Gasteiger partial charge is 0.466 e. The van der Waals surface area contributed by atoms with Crippen LogP contribution in [0.2, 0.25) is 0 Å². The molecule has 2 N–H and O–H groups in total. The Balaban J connectivity index is 1.73. The van der Waals surface area contributed by atoms with Crippen molar-refractivity contribution in [2.24, 2.45) is 0 Å². The van der Waals surface area contributed by atoms with E-state index in [-0.39, 0.29) is 18.3 Å². The van der Waals surface area contributed by atoms with Gasteiger partial charge in [0.25, 0.3) is 5.91 Å². The zero-order valence-corrected chi connectivity index (χ0v) is 15.1. The summed E-state index contributed by atoms with van der Waals surface area (Å²) in [6.45, 7) is 6.14. The van der Waals surface area contributed by atoms with E-state index in [2.05, 4.69) is 15.3 Å². The van der Waals surface area contributed by atoms with E-state index < -0.39 is 0 Å². The van der Waals surface area contributed by atoms with Gasteiger partial charge in [0.2, 0.25) is 0 Å². The lowest BCUT2D eigenvalue weighted by atomic mass is 10.1. The van der Waals surface area contributed by atoms with E-state index in [1.54, 1.807) is 18.4 Å². The summed E-state index contributed by atoms with van der Waals surface area (Å²) in [5, 5.41) is 6.03. The summed E-state index contributed by atoms with van der Waals surface area (Å²) >= 11 is 1.29. The molecule has 0 saturated heterocycles. The average Bonchev–Trinajstić information content (AvgIpc) is 3.12. The summed E-state index contributed by atoms with van der Waals surface area (Å²) in [5.41, 5.74) is 4.40. The molecule has 1 amide bonds. The number of aromatic amines is 1. The Hall–Kier alpha value is -2.67. The number of rotatable bonds is 5. The third-order valence-corrected chi connectivity index (χ3v) is 4.78. The first kappa shape index (κ1) is 17.2. The van der Waals surface area contributed by atoms with Gasteiger partial charge in [0, 0.05) is 27.5 Å². The molecule has 130 valence electrons. The van der Waals surface area contributed by atoms with E-state index >= 15 is 0 Å². The second-order valence-corrected chi connectivity index (χ2v) is 6.57. The van der Waals surface area contributed by atoms with Crippen LogP contribution in [-0.2, 0) is 16.0 Å². The van der Waals surface area contributed by atoms with Crippen LogP contribution in [0.4, 0.5) is 5.13 Å². The van der Waals surface area contributed by atoms with Crippen LogP contribution in [0.15, 0.2) is 23.6 Å². The Morgan fingerprint density at radius 2 is 2.12 bits per heavy atom. The smallest absolute Gasteiger partial charge is 0.311 e. The second kappa shape index (κ2) is 7.06. The van der Waals surface area contributed by atoms with Crippen LogP contribution in [0.5, 0.6) is 0 Å². The number of nitrogens with one attached hydrogen (secondary N) is 2. The van der Waals surface area contributed by atoms with Gasteiger partial charge < -0.3 is 9.72 Å². The predicted molar refractivity (Wildman–Crippen MR) is 98.2 cm³/mol. The molecule has 0 radical (unpaired) electrons. The number of esters is 1. The number of H-pyrrole nitrogens is 1. The minimum absolute atomic E-state index is 0.105. The quantitative estimate of drug-likeness (QED) is 0.683. The van der Waals surface area contributed by atoms with Crippen LogP contribution in [0.1, 0.15) is 34.2 Å². The lowest BCUT2D eigenvalue weighted by molar-refractivity contribution is -0.142. The molecule has 7 heteroatoms. The molecule has 0 fully saturated rings. The van der Waals surface area contributed by atoms with Crippen LogP contribution >= 0.6 is 11.3 Å². The number of aromatic nitrogens is 2. The molecule has 0 aliphatic carbocycles. The average molecular weight is 357 g/mol. The number of ether oxygens (including phenoxy) is 1. The number of hydrogen-bond acceptors (Lipinski definition) is 5. The van der Waals surface area contributed by atoms with E-state index in [4.69, 9.17) is 4.74 Å². The summed E-state index contributed by atoms with van der Waals surface area (Å²) in [5.74, 6) is -0.549. The van der Waals surface area contributed by atoms with Gasteiger partial charge in [-0.2, -0.15) is 0 Å². The highest BCUT2D eigenvalue weighted by Crippen LogP contribution is 2.23. The van der Waals surface area contributed by atoms with E-state index in [1.165, 1.54) is 11.3 Å². The summed E-state index contributed by atoms with van der Waals surface area (Å²) in [6, 6.07) is 5.55. The SMILES string of the molecule is CCOC(=O)Cc1csc(NC(=O)c2ccc3[nH]c(C)c(C)c3c2)n1. The van der Waals surface area contributed by atoms with Crippen molar-refractivity contribution in [1.82, 2.24) is 9.97 Å². The minimum Gasteiger partial charge on any atom is -0.466 e. The van der Waals surface area contributed by atoms with Gasteiger partial charge in [0.15, 0.2) is 5.13 Å². The van der Waals surface area contributed by atoms with E-state index in [1.807, 2.05) is 26.0 Å². The van der Waals surface area contributed by atoms with Gasteiger partial charge in [-0.1, -0.05) is 0 Å². The molecular weight excluding hydrogens is 338 g/mol. The Morgan fingerprint density at radius 3 is 2.88 bits per heavy atom. The molecule has 2 aromatic heterocycles. The highest BCUT2D eigenvalue weighted by Gasteiger charge is 2.13. The Morgan fingerprint density at radius 1 is 1.32 bits per heavy atom. The highest BCUT2D eigenvalue weighted by molar-refractivity contribution is 7.14. The van der Waals surface area contributed by atoms with Gasteiger partial charge in [-0.3, -0.25) is 14.9 Å². The monoisotopic (exact) mass is 357 g/mol. The number of thiazole rings is 1. The fourth-order valence-electron chi connectivity index (χ4n) is 2.58. The highest BCUT2D eigenvalue weighted by atomic mass is 32.1. The molecule has 3 aromatic rings. The molecule has 0 unspecified atom stereocenters. The lowest BCUT2D eigenvalue weighted by Crippen LogP contribution is -2.12. The Bertz CT molecular complexity index is 942. The molecule has 0 bridgehead atoms. The molecule has 0 aliphatic rings. The van der Waals surface area contributed by atoms with Crippen molar-refractivity contribution in [1.29, 1.82) is 0 Å². The van der Waals surface area contributed by atoms with Crippen molar-refractivity contribution >= 4 is 39.2 Å². The number of nitrogens with zero attached hydrogens (tertiary/aromatic N) is 1. The second-order valence-electron chi connectivity index (χ2n) is 5.72. The molecule has 3 rings (SSSR count). The number of carbonyl (C=O) groups is 2. The van der Waals surface area contributed by atoms with Crippen LogP contribution in [0.3, 0.4) is 0 Å². The van der Waals surface area contributed by atoms with Gasteiger partial charge in [-0.25, -0.2) is 4.98 Å². The molecular formula is C18H19N3O3S. The minimum atomic E-state index is -0.325. The molecule has 0 atom stereocenters. The maximum Gasteiger partial charge on any atom is 0.311 e. The number of amides is 1. The summed E-state index contributed by atoms with van der Waals surface area (Å²) in [4.78, 5) is 31.5. The van der Waals surface area contributed by atoms with Crippen LogP contribution in [0, 0.1) is 13.8 Å². The number of anilines is 1. The molecule has 6 nitrogen and oxygen atoms in total. The summed E-state index contributed by atoms with van der Waals surface area (Å²) < 4.78 is 4.89. The van der Waals surface area contributed by atoms with Crippen molar-refractivity contribution in [3.05, 3.63) is 46.1 Å². The van der Waals surface area contributed by atoms with Gasteiger partial charge in [-0.15, -0.1) is 11.3 Å². The van der Waals surface area contributed by atoms with Crippen molar-refractivity contribution in [3.63, 3.8) is 0 Å². The Labute approximate surface area is 149 Å². The normalized spacial score (nSPS) is 10.8. The molecule has 0 spiro atoms. The number of hydrogen-bond donors (Lipinski definition) is 2. The molecule has 1 aromatic carbocycles. The lowest BCUT2D eigenvalue weighted by Gasteiger charge is -2.02. The number of aryl methyl sites for hydroxylation is 2. The third-order valence-electron chi connectivity index (χ3n) is 3.97. The number of benzene rings is 1. The van der Waals surface area contributed by atoms with E-state index in [9.17, 15) is 9.59 Å². The van der Waals surface area contributed by atoms with Gasteiger partial charge in [0.05, 0.1) is 18.7 Å². The van der Waals surface area contributed by atoms with Crippen molar-refractivity contribution in [2.45, 2.75) is 27.2 Å². The van der Waals surface area contributed by atoms with Crippen LogP contribution in [-0.4, -0.2) is 28.5 Å². The number of fused-ring (bicyclic) bond motifs is 1. The molecule has 0 aliphatic heterocycles. The van der Waals surface area contributed by atoms with Gasteiger partial charge >= 0.3 is 5.97 Å². The van der Waals surface area contributed by atoms with Crippen LogP contribution < -0.4 is 5.32 Å². The van der Waals surface area contributed by atoms with Crippen LogP contribution in [0.25, 0.3) is 10.9 Å². The molecule has 2 heterocycles. The predicted octanol–water partition coefficient (Wildman–Crippen LogP) is 3.60. The zero-order chi connectivity index (χ0) is 18.0. The van der Waals surface area contributed by atoms with Crippen molar-refractivity contribution in [3.8, 4) is 0 Å². The first-order valence-corrected chi connectivity index (χ1v) is 8.86. The zero-order valence-electron chi connectivity index (χ0n) is 14.3. The number of carbonyl (C=O) groups excluding carboxylic acids is 2. The Kier molecular flexibility index (Phi) is 4.85. The third kappa shape index (κ3) is 3.71. The van der Waals surface area contributed by atoms with Crippen molar-refractivity contribution < 1.29 is 14.3 Å². The summed E-state index contributed by atoms with van der Waals surface area (Å²) in [7, 11) is 0.